The van der Waals surface area contributed by atoms with Crippen molar-refractivity contribution in [2.75, 3.05) is 13.1 Å². The number of nitrogens with two attached hydrogens (primary N) is 1. The maximum atomic E-state index is 13.3. The number of hydrogen-bond acceptors (Lipinski definition) is 3. The maximum Gasteiger partial charge on any atom is 0.255 e. The lowest BCUT2D eigenvalue weighted by molar-refractivity contribution is 0.0678. The second kappa shape index (κ2) is 5.49. The minimum absolute atomic E-state index is 0.193. The zero-order chi connectivity index (χ0) is 14.9. The molecule has 1 aromatic rings. The molecule has 1 aromatic carbocycles. The fourth-order valence-corrected chi connectivity index (χ4v) is 3.17. The molecule has 1 unspecified atom stereocenters. The van der Waals surface area contributed by atoms with Crippen molar-refractivity contribution in [1.29, 1.82) is 0 Å². The first kappa shape index (κ1) is 14.9. The standard InChI is InChI=1S/C13H17FN2O3S/c1-9-3-2-6-16(8-9)13(17)11-7-10(14)4-5-12(11)20(15,18)19/h4-5,7,9H,2-3,6,8H2,1H3,(H2,15,18,19). The van der Waals surface area contributed by atoms with E-state index < -0.39 is 21.7 Å². The molecule has 7 heteroatoms. The normalized spacial score (nSPS) is 19.9. The van der Waals surface area contributed by atoms with E-state index in [1.54, 1.807) is 4.90 Å². The number of likely N-dealkylation sites (tertiary alicyclic amines) is 1. The van der Waals surface area contributed by atoms with Crippen molar-refractivity contribution in [2.24, 2.45) is 11.1 Å². The summed E-state index contributed by atoms with van der Waals surface area (Å²) >= 11 is 0. The van der Waals surface area contributed by atoms with Crippen molar-refractivity contribution in [3.63, 3.8) is 0 Å². The Hall–Kier alpha value is -1.47. The molecule has 0 spiro atoms. The molecule has 2 N–H and O–H groups in total. The molecule has 1 heterocycles. The summed E-state index contributed by atoms with van der Waals surface area (Å²) in [5.74, 6) is -0.801. The lowest BCUT2D eigenvalue weighted by atomic mass is 9.99. The van der Waals surface area contributed by atoms with Gasteiger partial charge in [0.2, 0.25) is 10.0 Å². The number of carbonyl (C=O) groups is 1. The zero-order valence-corrected chi connectivity index (χ0v) is 12.0. The van der Waals surface area contributed by atoms with E-state index >= 15 is 0 Å². The highest BCUT2D eigenvalue weighted by molar-refractivity contribution is 7.89. The number of benzene rings is 1. The Morgan fingerprint density at radius 3 is 2.75 bits per heavy atom. The van der Waals surface area contributed by atoms with Gasteiger partial charge in [-0.05, 0) is 37.0 Å². The Bertz CT molecular complexity index is 631. The van der Waals surface area contributed by atoms with Crippen LogP contribution in [0.4, 0.5) is 4.39 Å². The lowest BCUT2D eigenvalue weighted by Gasteiger charge is -2.31. The van der Waals surface area contributed by atoms with E-state index in [0.29, 0.717) is 19.0 Å². The predicted octanol–water partition coefficient (Wildman–Crippen LogP) is 1.35. The van der Waals surface area contributed by atoms with E-state index in [1.807, 2.05) is 6.92 Å². The van der Waals surface area contributed by atoms with Crippen molar-refractivity contribution >= 4 is 15.9 Å². The van der Waals surface area contributed by atoms with Crippen LogP contribution in [0.2, 0.25) is 0 Å². The summed E-state index contributed by atoms with van der Waals surface area (Å²) in [7, 11) is -4.06. The second-order valence-electron chi connectivity index (χ2n) is 5.18. The molecule has 1 saturated heterocycles. The number of halogens is 1. The number of primary sulfonamides is 1. The van der Waals surface area contributed by atoms with E-state index in [9.17, 15) is 17.6 Å². The van der Waals surface area contributed by atoms with Gasteiger partial charge >= 0.3 is 0 Å². The fourth-order valence-electron chi connectivity index (χ4n) is 2.46. The van der Waals surface area contributed by atoms with Crippen LogP contribution in [0.5, 0.6) is 0 Å². The Morgan fingerprint density at radius 2 is 2.15 bits per heavy atom. The van der Waals surface area contributed by atoms with Crippen LogP contribution in [-0.4, -0.2) is 32.3 Å². The molecular weight excluding hydrogens is 283 g/mol. The molecule has 110 valence electrons. The van der Waals surface area contributed by atoms with E-state index in [2.05, 4.69) is 0 Å². The van der Waals surface area contributed by atoms with Gasteiger partial charge in [0.05, 0.1) is 10.5 Å². The monoisotopic (exact) mass is 300 g/mol. The molecule has 0 saturated carbocycles. The first-order chi connectivity index (χ1) is 9.29. The molecule has 1 aliphatic rings. The smallest absolute Gasteiger partial charge is 0.255 e. The lowest BCUT2D eigenvalue weighted by Crippen LogP contribution is -2.39. The summed E-state index contributed by atoms with van der Waals surface area (Å²) in [4.78, 5) is 13.6. The number of hydrogen-bond donors (Lipinski definition) is 1. The molecule has 5 nitrogen and oxygen atoms in total. The van der Waals surface area contributed by atoms with Gasteiger partial charge in [-0.25, -0.2) is 17.9 Å². The van der Waals surface area contributed by atoms with Crippen molar-refractivity contribution < 1.29 is 17.6 Å². The fraction of sp³-hybridized carbons (Fsp3) is 0.462. The number of rotatable bonds is 2. The summed E-state index contributed by atoms with van der Waals surface area (Å²) in [6, 6.07) is 2.95. The Balaban J connectivity index is 2.41. The third-order valence-electron chi connectivity index (χ3n) is 3.42. The van der Waals surface area contributed by atoms with Crippen LogP contribution in [0.25, 0.3) is 0 Å². The molecule has 2 rings (SSSR count). The highest BCUT2D eigenvalue weighted by atomic mass is 32.2. The van der Waals surface area contributed by atoms with Crippen LogP contribution in [0.1, 0.15) is 30.1 Å². The van der Waals surface area contributed by atoms with Gasteiger partial charge in [-0.2, -0.15) is 0 Å². The van der Waals surface area contributed by atoms with E-state index in [0.717, 1.165) is 31.0 Å². The Labute approximate surface area is 117 Å². The third kappa shape index (κ3) is 3.16. The van der Waals surface area contributed by atoms with Gasteiger partial charge in [0.1, 0.15) is 5.82 Å². The van der Waals surface area contributed by atoms with Gasteiger partial charge in [0.25, 0.3) is 5.91 Å². The molecule has 0 radical (unpaired) electrons. The molecule has 1 atom stereocenters. The topological polar surface area (TPSA) is 80.5 Å². The number of nitrogens with zero attached hydrogens (tertiary/aromatic N) is 1. The first-order valence-electron chi connectivity index (χ1n) is 6.40. The van der Waals surface area contributed by atoms with Gasteiger partial charge in [0, 0.05) is 13.1 Å². The second-order valence-corrected chi connectivity index (χ2v) is 6.71. The minimum Gasteiger partial charge on any atom is -0.338 e. The Kier molecular flexibility index (Phi) is 4.10. The number of carbonyl (C=O) groups excluding carboxylic acids is 1. The molecule has 20 heavy (non-hydrogen) atoms. The molecule has 0 bridgehead atoms. The zero-order valence-electron chi connectivity index (χ0n) is 11.2. The van der Waals surface area contributed by atoms with Crippen LogP contribution < -0.4 is 5.14 Å². The molecule has 1 amide bonds. The minimum atomic E-state index is -4.06. The van der Waals surface area contributed by atoms with Crippen molar-refractivity contribution in [2.45, 2.75) is 24.7 Å². The van der Waals surface area contributed by atoms with Crippen LogP contribution >= 0.6 is 0 Å². The average molecular weight is 300 g/mol. The van der Waals surface area contributed by atoms with Crippen molar-refractivity contribution in [3.05, 3.63) is 29.6 Å². The molecule has 0 aromatic heterocycles. The van der Waals surface area contributed by atoms with Crippen molar-refractivity contribution in [3.8, 4) is 0 Å². The maximum absolute atomic E-state index is 13.3. The number of piperidine rings is 1. The van der Waals surface area contributed by atoms with Crippen LogP contribution in [0.3, 0.4) is 0 Å². The summed E-state index contributed by atoms with van der Waals surface area (Å²) in [6.07, 6.45) is 1.88. The van der Waals surface area contributed by atoms with Gasteiger partial charge in [-0.1, -0.05) is 6.92 Å². The summed E-state index contributed by atoms with van der Waals surface area (Å²) in [5.41, 5.74) is -0.193. The SMILES string of the molecule is CC1CCCN(C(=O)c2cc(F)ccc2S(N)(=O)=O)C1. The van der Waals surface area contributed by atoms with Crippen LogP contribution in [0, 0.1) is 11.7 Å². The summed E-state index contributed by atoms with van der Waals surface area (Å²) in [6.45, 7) is 3.11. The molecule has 0 aliphatic carbocycles. The third-order valence-corrected chi connectivity index (χ3v) is 4.39. The highest BCUT2D eigenvalue weighted by Gasteiger charge is 2.27. The van der Waals surface area contributed by atoms with Gasteiger partial charge in [0.15, 0.2) is 0 Å². The summed E-state index contributed by atoms with van der Waals surface area (Å²) < 4.78 is 36.3. The number of amides is 1. The summed E-state index contributed by atoms with van der Waals surface area (Å²) in [5, 5.41) is 5.08. The average Bonchev–Trinajstić information content (AvgIpc) is 2.36. The quantitative estimate of drug-likeness (QED) is 0.895. The van der Waals surface area contributed by atoms with E-state index in [-0.39, 0.29) is 10.5 Å². The molecular formula is C13H17FN2O3S. The van der Waals surface area contributed by atoms with E-state index in [4.69, 9.17) is 5.14 Å². The Morgan fingerprint density at radius 1 is 1.45 bits per heavy atom. The number of sulfonamides is 1. The van der Waals surface area contributed by atoms with Crippen LogP contribution in [-0.2, 0) is 10.0 Å². The van der Waals surface area contributed by atoms with E-state index in [1.165, 1.54) is 0 Å². The van der Waals surface area contributed by atoms with Crippen LogP contribution in [0.15, 0.2) is 23.1 Å². The first-order valence-corrected chi connectivity index (χ1v) is 7.95. The van der Waals surface area contributed by atoms with Crippen molar-refractivity contribution in [1.82, 2.24) is 4.90 Å². The van der Waals surface area contributed by atoms with Gasteiger partial charge < -0.3 is 4.90 Å². The van der Waals surface area contributed by atoms with Gasteiger partial charge in [-0.15, -0.1) is 0 Å². The molecule has 1 fully saturated rings. The largest absolute Gasteiger partial charge is 0.338 e. The highest BCUT2D eigenvalue weighted by Crippen LogP contribution is 2.22. The molecule has 1 aliphatic heterocycles. The predicted molar refractivity (Wildman–Crippen MR) is 72.1 cm³/mol. The van der Waals surface area contributed by atoms with Gasteiger partial charge in [-0.3, -0.25) is 4.79 Å².